The summed E-state index contributed by atoms with van der Waals surface area (Å²) in [6.45, 7) is 0. The normalized spacial score (nSPS) is 29.1. The first-order valence-corrected chi connectivity index (χ1v) is 3.33. The number of aliphatic carboxylic acids is 1. The molecule has 6 heteroatoms. The molecule has 2 atom stereocenters. The minimum Gasteiger partial charge on any atom is -0.480 e. The molecule has 1 fully saturated rings. The smallest absolute Gasteiger partial charge is 0.326 e. The number of alkyl halides is 2. The molecule has 1 aliphatic heterocycles. The molecule has 0 spiro atoms. The maximum Gasteiger partial charge on any atom is 0.326 e. The van der Waals surface area contributed by atoms with E-state index in [1.54, 1.807) is 0 Å². The molecule has 0 aromatic rings. The highest BCUT2D eigenvalue weighted by Gasteiger charge is 2.41. The van der Waals surface area contributed by atoms with Gasteiger partial charge in [-0.15, -0.1) is 0 Å². The number of carbonyl (C=O) groups is 2. The number of carbonyl (C=O) groups excluding carboxylic acids is 1. The van der Waals surface area contributed by atoms with Crippen LogP contribution < -0.4 is 5.32 Å². The summed E-state index contributed by atoms with van der Waals surface area (Å²) in [6, 6.07) is -1.16. The second-order valence-electron chi connectivity index (χ2n) is 2.58. The largest absolute Gasteiger partial charge is 0.480 e. The fourth-order valence-corrected chi connectivity index (χ4v) is 1.08. The first kappa shape index (κ1) is 8.89. The van der Waals surface area contributed by atoms with Crippen LogP contribution in [0.1, 0.15) is 6.42 Å². The Kier molecular flexibility index (Phi) is 2.25. The third-order valence-electron chi connectivity index (χ3n) is 1.75. The first-order valence-electron chi connectivity index (χ1n) is 3.33. The van der Waals surface area contributed by atoms with Gasteiger partial charge in [-0.05, 0) is 6.42 Å². The monoisotopic (exact) mass is 179 g/mol. The fraction of sp³-hybridized carbons (Fsp3) is 0.667. The van der Waals surface area contributed by atoms with E-state index in [2.05, 4.69) is 0 Å². The Morgan fingerprint density at radius 2 is 2.25 bits per heavy atom. The SMILES string of the molecule is O=C(O)C1CC(C(F)F)C(=O)N1. The quantitative estimate of drug-likeness (QED) is 0.619. The zero-order valence-corrected chi connectivity index (χ0v) is 5.96. The van der Waals surface area contributed by atoms with Crippen molar-refractivity contribution in [2.45, 2.75) is 18.9 Å². The third kappa shape index (κ3) is 1.51. The highest BCUT2D eigenvalue weighted by molar-refractivity contribution is 5.89. The molecular formula is C6H7F2NO3. The molecule has 1 amide bonds. The van der Waals surface area contributed by atoms with Gasteiger partial charge in [0, 0.05) is 0 Å². The van der Waals surface area contributed by atoms with Gasteiger partial charge in [0.15, 0.2) is 0 Å². The number of carboxylic acids is 1. The number of carboxylic acid groups (broad SMARTS) is 1. The van der Waals surface area contributed by atoms with Gasteiger partial charge >= 0.3 is 5.97 Å². The van der Waals surface area contributed by atoms with Crippen LogP contribution in [0.4, 0.5) is 8.78 Å². The Morgan fingerprint density at radius 1 is 1.67 bits per heavy atom. The molecule has 0 aliphatic carbocycles. The summed E-state index contributed by atoms with van der Waals surface area (Å²) in [7, 11) is 0. The molecule has 4 nitrogen and oxygen atoms in total. The summed E-state index contributed by atoms with van der Waals surface area (Å²) >= 11 is 0. The van der Waals surface area contributed by atoms with Crippen LogP contribution in [-0.2, 0) is 9.59 Å². The molecule has 0 aromatic heterocycles. The minimum atomic E-state index is -2.78. The highest BCUT2D eigenvalue weighted by atomic mass is 19.3. The van der Waals surface area contributed by atoms with Gasteiger partial charge in [-0.3, -0.25) is 4.79 Å². The van der Waals surface area contributed by atoms with Crippen LogP contribution in [0.5, 0.6) is 0 Å². The summed E-state index contributed by atoms with van der Waals surface area (Å²) in [5.41, 5.74) is 0. The summed E-state index contributed by atoms with van der Waals surface area (Å²) in [5.74, 6) is -3.62. The summed E-state index contributed by atoms with van der Waals surface area (Å²) in [6.07, 6.45) is -3.11. The molecule has 0 radical (unpaired) electrons. The molecule has 12 heavy (non-hydrogen) atoms. The van der Waals surface area contributed by atoms with Crippen molar-refractivity contribution in [1.82, 2.24) is 5.32 Å². The molecule has 0 saturated carbocycles. The number of hydrogen-bond donors (Lipinski definition) is 2. The van der Waals surface area contributed by atoms with Crippen LogP contribution in [0.25, 0.3) is 0 Å². The van der Waals surface area contributed by atoms with E-state index in [0.29, 0.717) is 0 Å². The zero-order valence-electron chi connectivity index (χ0n) is 5.96. The summed E-state index contributed by atoms with van der Waals surface area (Å²) in [5, 5.41) is 10.3. The fourth-order valence-electron chi connectivity index (χ4n) is 1.08. The molecule has 2 unspecified atom stereocenters. The minimum absolute atomic E-state index is 0.328. The molecule has 68 valence electrons. The van der Waals surface area contributed by atoms with Crippen LogP contribution in [-0.4, -0.2) is 29.5 Å². The lowest BCUT2D eigenvalue weighted by Crippen LogP contribution is -2.33. The van der Waals surface area contributed by atoms with Gasteiger partial charge in [-0.25, -0.2) is 13.6 Å². The Labute approximate surface area is 66.6 Å². The van der Waals surface area contributed by atoms with Crippen molar-refractivity contribution in [3.8, 4) is 0 Å². The van der Waals surface area contributed by atoms with E-state index in [1.807, 2.05) is 5.32 Å². The Bertz CT molecular complexity index is 219. The van der Waals surface area contributed by atoms with Gasteiger partial charge in [0.2, 0.25) is 12.3 Å². The predicted octanol–water partition coefficient (Wildman–Crippen LogP) is -0.159. The van der Waals surface area contributed by atoms with E-state index < -0.39 is 30.3 Å². The van der Waals surface area contributed by atoms with Crippen LogP contribution in [0.2, 0.25) is 0 Å². The number of rotatable bonds is 2. The average molecular weight is 179 g/mol. The Hall–Kier alpha value is -1.20. The van der Waals surface area contributed by atoms with E-state index in [-0.39, 0.29) is 6.42 Å². The molecular weight excluding hydrogens is 172 g/mol. The molecule has 1 aliphatic rings. The van der Waals surface area contributed by atoms with Crippen LogP contribution in [0.15, 0.2) is 0 Å². The highest BCUT2D eigenvalue weighted by Crippen LogP contribution is 2.22. The van der Waals surface area contributed by atoms with Gasteiger partial charge in [-0.2, -0.15) is 0 Å². The predicted molar refractivity (Wildman–Crippen MR) is 33.7 cm³/mol. The van der Waals surface area contributed by atoms with E-state index >= 15 is 0 Å². The average Bonchev–Trinajstić information content (AvgIpc) is 2.30. The summed E-state index contributed by atoms with van der Waals surface area (Å²) in [4.78, 5) is 20.9. The molecule has 2 N–H and O–H groups in total. The Morgan fingerprint density at radius 3 is 2.50 bits per heavy atom. The number of halogens is 2. The standard InChI is InChI=1S/C6H7F2NO3/c7-4(8)2-1-3(6(11)12)9-5(2)10/h2-4H,1H2,(H,9,10)(H,11,12). The maximum atomic E-state index is 12.0. The van der Waals surface area contributed by atoms with Crippen molar-refractivity contribution in [2.75, 3.05) is 0 Å². The van der Waals surface area contributed by atoms with E-state index in [0.717, 1.165) is 0 Å². The van der Waals surface area contributed by atoms with Crippen LogP contribution in [0.3, 0.4) is 0 Å². The lowest BCUT2D eigenvalue weighted by molar-refractivity contribution is -0.140. The third-order valence-corrected chi connectivity index (χ3v) is 1.75. The van der Waals surface area contributed by atoms with E-state index in [9.17, 15) is 18.4 Å². The molecule has 1 heterocycles. The number of hydrogen-bond acceptors (Lipinski definition) is 2. The zero-order chi connectivity index (χ0) is 9.30. The van der Waals surface area contributed by atoms with Gasteiger partial charge in [0.25, 0.3) is 0 Å². The van der Waals surface area contributed by atoms with Crippen molar-refractivity contribution in [2.24, 2.45) is 5.92 Å². The number of amides is 1. The number of nitrogens with one attached hydrogen (secondary N) is 1. The molecule has 0 aromatic carbocycles. The Balaban J connectivity index is 2.62. The van der Waals surface area contributed by atoms with Gasteiger partial charge < -0.3 is 10.4 Å². The van der Waals surface area contributed by atoms with Crippen molar-refractivity contribution < 1.29 is 23.5 Å². The maximum absolute atomic E-state index is 12.0. The topological polar surface area (TPSA) is 66.4 Å². The van der Waals surface area contributed by atoms with E-state index in [1.165, 1.54) is 0 Å². The lowest BCUT2D eigenvalue weighted by atomic mass is 10.1. The molecule has 1 saturated heterocycles. The van der Waals surface area contributed by atoms with E-state index in [4.69, 9.17) is 5.11 Å². The van der Waals surface area contributed by atoms with Crippen LogP contribution in [0, 0.1) is 5.92 Å². The second kappa shape index (κ2) is 3.04. The van der Waals surface area contributed by atoms with Crippen molar-refractivity contribution in [3.05, 3.63) is 0 Å². The lowest BCUT2D eigenvalue weighted by Gasteiger charge is -2.02. The first-order chi connectivity index (χ1) is 5.52. The molecule has 0 bridgehead atoms. The van der Waals surface area contributed by atoms with Gasteiger partial charge in [0.1, 0.15) is 12.0 Å². The second-order valence-corrected chi connectivity index (χ2v) is 2.58. The summed E-state index contributed by atoms with van der Waals surface area (Å²) < 4.78 is 23.9. The van der Waals surface area contributed by atoms with Crippen molar-refractivity contribution >= 4 is 11.9 Å². The van der Waals surface area contributed by atoms with Gasteiger partial charge in [-0.1, -0.05) is 0 Å². The van der Waals surface area contributed by atoms with Crippen LogP contribution >= 0.6 is 0 Å². The van der Waals surface area contributed by atoms with Crippen molar-refractivity contribution in [1.29, 1.82) is 0 Å². The molecule has 1 rings (SSSR count). The van der Waals surface area contributed by atoms with Crippen molar-refractivity contribution in [3.63, 3.8) is 0 Å². The van der Waals surface area contributed by atoms with Gasteiger partial charge in [0.05, 0.1) is 0 Å².